The topological polar surface area (TPSA) is 60.7 Å². The summed E-state index contributed by atoms with van der Waals surface area (Å²) >= 11 is 0. The van der Waals surface area contributed by atoms with Gasteiger partial charge in [-0.25, -0.2) is 0 Å². The number of aromatic hydroxyl groups is 1. The summed E-state index contributed by atoms with van der Waals surface area (Å²) in [7, 11) is 0. The number of phenolic OH excluding ortho intramolecular Hbond substituents is 1. The molecule has 0 aliphatic rings. The summed E-state index contributed by atoms with van der Waals surface area (Å²) < 4.78 is 14.1. The lowest BCUT2D eigenvalue weighted by molar-refractivity contribution is 0.255. The minimum absolute atomic E-state index is 0.135. The van der Waals surface area contributed by atoms with Crippen LogP contribution in [-0.2, 0) is 13.2 Å². The lowest BCUT2D eigenvalue weighted by Crippen LogP contribution is -2.24. The first-order valence-electron chi connectivity index (χ1n) is 13.3. The molecule has 0 saturated heterocycles. The monoisotopic (exact) mass is 479 g/mol. The van der Waals surface area contributed by atoms with Gasteiger partial charge in [0.25, 0.3) is 5.56 Å². The van der Waals surface area contributed by atoms with Crippen molar-refractivity contribution in [3.05, 3.63) is 64.4 Å². The second-order valence-electron chi connectivity index (χ2n) is 9.27. The summed E-state index contributed by atoms with van der Waals surface area (Å²) in [6.07, 6.45) is 11.1. The van der Waals surface area contributed by atoms with Crippen molar-refractivity contribution in [3.8, 4) is 17.2 Å². The maximum atomic E-state index is 13.7. The molecule has 2 aromatic carbocycles. The average molecular weight is 480 g/mol. The fourth-order valence-electron chi connectivity index (χ4n) is 4.36. The molecule has 0 unspecified atom stereocenters. The molecule has 0 amide bonds. The molecular weight excluding hydrogens is 438 g/mol. The summed E-state index contributed by atoms with van der Waals surface area (Å²) in [6.45, 7) is 5.80. The van der Waals surface area contributed by atoms with Crippen LogP contribution in [0.4, 0.5) is 0 Å². The van der Waals surface area contributed by atoms with Crippen LogP contribution in [0.25, 0.3) is 10.9 Å². The molecule has 0 fully saturated rings. The highest BCUT2D eigenvalue weighted by Crippen LogP contribution is 2.35. The van der Waals surface area contributed by atoms with Crippen LogP contribution >= 0.6 is 0 Å². The van der Waals surface area contributed by atoms with Gasteiger partial charge in [0.05, 0.1) is 12.1 Å². The van der Waals surface area contributed by atoms with Crippen molar-refractivity contribution in [1.29, 1.82) is 0 Å². The Morgan fingerprint density at radius 1 is 0.771 bits per heavy atom. The fourth-order valence-corrected chi connectivity index (χ4v) is 4.36. The number of aryl methyl sites for hydroxylation is 1. The lowest BCUT2D eigenvalue weighted by atomic mass is 10.1. The summed E-state index contributed by atoms with van der Waals surface area (Å²) in [5, 5.41) is 11.0. The zero-order valence-corrected chi connectivity index (χ0v) is 21.4. The van der Waals surface area contributed by atoms with Crippen LogP contribution in [0.5, 0.6) is 17.2 Å². The lowest BCUT2D eigenvalue weighted by Gasteiger charge is -2.19. The first-order chi connectivity index (χ1) is 17.2. The normalized spacial score (nSPS) is 11.1. The van der Waals surface area contributed by atoms with Gasteiger partial charge in [0.1, 0.15) is 12.4 Å². The van der Waals surface area contributed by atoms with Crippen molar-refractivity contribution in [3.63, 3.8) is 0 Å². The Morgan fingerprint density at radius 3 is 2.20 bits per heavy atom. The van der Waals surface area contributed by atoms with Crippen molar-refractivity contribution in [2.45, 2.75) is 91.2 Å². The standard InChI is InChI=1S/C30H41NO4/c1-3-5-7-9-10-14-20-31-27-22-25(32)18-19-26(27)28(35-23-24-16-12-11-13-17-24)29(30(31)33)34-21-15-8-6-4-2/h11-13,16-19,22,32H,3-10,14-15,20-21,23H2,1-2H3. The van der Waals surface area contributed by atoms with E-state index in [4.69, 9.17) is 9.47 Å². The van der Waals surface area contributed by atoms with E-state index in [0.717, 1.165) is 49.5 Å². The quantitative estimate of drug-likeness (QED) is 0.215. The molecule has 0 aliphatic heterocycles. The van der Waals surface area contributed by atoms with E-state index in [0.29, 0.717) is 31.0 Å². The highest BCUT2D eigenvalue weighted by atomic mass is 16.5. The highest BCUT2D eigenvalue weighted by molar-refractivity contribution is 5.89. The minimum atomic E-state index is -0.185. The van der Waals surface area contributed by atoms with E-state index in [9.17, 15) is 9.90 Å². The van der Waals surface area contributed by atoms with Crippen molar-refractivity contribution in [1.82, 2.24) is 4.57 Å². The van der Waals surface area contributed by atoms with Crippen LogP contribution in [0, 0.1) is 0 Å². The Labute approximate surface area is 209 Å². The average Bonchev–Trinajstić information content (AvgIpc) is 2.87. The number of ether oxygens (including phenoxy) is 2. The second kappa shape index (κ2) is 14.4. The Kier molecular flexibility index (Phi) is 11.0. The molecule has 1 heterocycles. The number of benzene rings is 2. The molecule has 1 N–H and O–H groups in total. The van der Waals surface area contributed by atoms with Crippen LogP contribution in [0.3, 0.4) is 0 Å². The Morgan fingerprint density at radius 2 is 1.46 bits per heavy atom. The van der Waals surface area contributed by atoms with Crippen LogP contribution in [0.15, 0.2) is 53.3 Å². The number of hydrogen-bond donors (Lipinski definition) is 1. The molecule has 190 valence electrons. The number of unbranched alkanes of at least 4 members (excludes halogenated alkanes) is 8. The maximum Gasteiger partial charge on any atom is 0.297 e. The molecule has 5 nitrogen and oxygen atoms in total. The predicted octanol–water partition coefficient (Wildman–Crippen LogP) is 7.61. The first-order valence-corrected chi connectivity index (χ1v) is 13.3. The molecule has 35 heavy (non-hydrogen) atoms. The fraction of sp³-hybridized carbons (Fsp3) is 0.500. The van der Waals surface area contributed by atoms with Crippen LogP contribution in [0.2, 0.25) is 0 Å². The van der Waals surface area contributed by atoms with Gasteiger partial charge in [-0.1, -0.05) is 95.5 Å². The molecule has 5 heteroatoms. The van der Waals surface area contributed by atoms with Crippen molar-refractivity contribution in [2.24, 2.45) is 0 Å². The van der Waals surface area contributed by atoms with E-state index in [1.807, 2.05) is 36.4 Å². The summed E-state index contributed by atoms with van der Waals surface area (Å²) in [4.78, 5) is 13.7. The molecule has 3 aromatic rings. The smallest absolute Gasteiger partial charge is 0.297 e. The predicted molar refractivity (Wildman–Crippen MR) is 144 cm³/mol. The molecule has 1 aromatic heterocycles. The molecule has 0 atom stereocenters. The Balaban J connectivity index is 1.93. The number of fused-ring (bicyclic) bond motifs is 1. The first kappa shape index (κ1) is 26.7. The zero-order valence-electron chi connectivity index (χ0n) is 21.4. The maximum absolute atomic E-state index is 13.7. The minimum Gasteiger partial charge on any atom is -0.508 e. The highest BCUT2D eigenvalue weighted by Gasteiger charge is 2.20. The van der Waals surface area contributed by atoms with E-state index >= 15 is 0 Å². The third-order valence-corrected chi connectivity index (χ3v) is 6.37. The van der Waals surface area contributed by atoms with Crippen molar-refractivity contribution in [2.75, 3.05) is 6.61 Å². The van der Waals surface area contributed by atoms with Gasteiger partial charge < -0.3 is 19.1 Å². The summed E-state index contributed by atoms with van der Waals surface area (Å²) in [5.41, 5.74) is 1.52. The number of hydrogen-bond acceptors (Lipinski definition) is 4. The van der Waals surface area contributed by atoms with Crippen LogP contribution in [0.1, 0.15) is 83.6 Å². The van der Waals surface area contributed by atoms with Gasteiger partial charge in [-0.3, -0.25) is 4.79 Å². The van der Waals surface area contributed by atoms with Gasteiger partial charge in [0, 0.05) is 18.0 Å². The van der Waals surface area contributed by atoms with E-state index in [2.05, 4.69) is 13.8 Å². The molecule has 0 saturated carbocycles. The van der Waals surface area contributed by atoms with E-state index in [1.54, 1.807) is 16.7 Å². The van der Waals surface area contributed by atoms with Gasteiger partial charge in [0.15, 0.2) is 5.75 Å². The number of phenols is 1. The largest absolute Gasteiger partial charge is 0.508 e. The van der Waals surface area contributed by atoms with Gasteiger partial charge in [-0.15, -0.1) is 0 Å². The molecular formula is C30H41NO4. The van der Waals surface area contributed by atoms with E-state index < -0.39 is 0 Å². The van der Waals surface area contributed by atoms with Crippen LogP contribution in [-0.4, -0.2) is 16.3 Å². The van der Waals surface area contributed by atoms with Gasteiger partial charge in [-0.2, -0.15) is 0 Å². The molecule has 0 aliphatic carbocycles. The number of nitrogens with zero attached hydrogens (tertiary/aromatic N) is 1. The second-order valence-corrected chi connectivity index (χ2v) is 9.27. The number of rotatable bonds is 16. The summed E-state index contributed by atoms with van der Waals surface area (Å²) in [6, 6.07) is 15.0. The Hall–Kier alpha value is -2.95. The molecule has 3 rings (SSSR count). The molecule has 0 radical (unpaired) electrons. The third-order valence-electron chi connectivity index (χ3n) is 6.37. The van der Waals surface area contributed by atoms with Gasteiger partial charge in [-0.05, 0) is 30.5 Å². The number of pyridine rings is 1. The van der Waals surface area contributed by atoms with Crippen molar-refractivity contribution < 1.29 is 14.6 Å². The number of aromatic nitrogens is 1. The van der Waals surface area contributed by atoms with Crippen molar-refractivity contribution >= 4 is 10.9 Å². The van der Waals surface area contributed by atoms with E-state index in [-0.39, 0.29) is 17.1 Å². The molecule has 0 spiro atoms. The third kappa shape index (κ3) is 7.78. The SMILES string of the molecule is CCCCCCCCn1c(=O)c(OCCCCCC)c(OCc2ccccc2)c2ccc(O)cc21. The summed E-state index contributed by atoms with van der Waals surface area (Å²) in [5.74, 6) is 0.876. The zero-order chi connectivity index (χ0) is 24.9. The van der Waals surface area contributed by atoms with Gasteiger partial charge in [0.2, 0.25) is 5.75 Å². The van der Waals surface area contributed by atoms with Crippen LogP contribution < -0.4 is 15.0 Å². The Bertz CT molecular complexity index is 1090. The van der Waals surface area contributed by atoms with E-state index in [1.165, 1.54) is 25.7 Å². The molecule has 0 bridgehead atoms. The van der Waals surface area contributed by atoms with Gasteiger partial charge >= 0.3 is 0 Å².